The normalized spacial score (nSPS) is 10.6. The van der Waals surface area contributed by atoms with Gasteiger partial charge < -0.3 is 19.2 Å². The Labute approximate surface area is 114 Å². The van der Waals surface area contributed by atoms with Gasteiger partial charge in [0.25, 0.3) is 0 Å². The van der Waals surface area contributed by atoms with Crippen LogP contribution in [0.5, 0.6) is 0 Å². The molecule has 0 aliphatic heterocycles. The van der Waals surface area contributed by atoms with Gasteiger partial charge in [-0.25, -0.2) is 4.79 Å². The lowest BCUT2D eigenvalue weighted by Crippen LogP contribution is -2.16. The molecule has 0 atom stereocenters. The Hall–Kier alpha value is -1.33. The van der Waals surface area contributed by atoms with E-state index in [1.807, 2.05) is 0 Å². The molecule has 1 N–H and O–H groups in total. The second-order valence-corrected chi connectivity index (χ2v) is 4.25. The van der Waals surface area contributed by atoms with E-state index in [-0.39, 0.29) is 5.76 Å². The molecule has 0 unspecified atom stereocenters. The Kier molecular flexibility index (Phi) is 7.93. The summed E-state index contributed by atoms with van der Waals surface area (Å²) in [7, 11) is 1.33. The van der Waals surface area contributed by atoms with Gasteiger partial charge in [-0.05, 0) is 31.5 Å². The average molecular weight is 269 g/mol. The van der Waals surface area contributed by atoms with Crippen LogP contribution in [0, 0.1) is 0 Å². The molecule has 5 heteroatoms. The SMILES string of the molecule is CCCCOCCCNCc1ccc(C(=O)OC)o1. The van der Waals surface area contributed by atoms with Crippen molar-refractivity contribution < 1.29 is 18.7 Å². The quantitative estimate of drug-likeness (QED) is 0.522. The summed E-state index contributed by atoms with van der Waals surface area (Å²) in [6, 6.07) is 3.40. The molecule has 1 aromatic heterocycles. The molecule has 19 heavy (non-hydrogen) atoms. The van der Waals surface area contributed by atoms with Crippen molar-refractivity contribution >= 4 is 5.97 Å². The minimum atomic E-state index is -0.449. The van der Waals surface area contributed by atoms with Crippen LogP contribution in [0.3, 0.4) is 0 Å². The van der Waals surface area contributed by atoms with Gasteiger partial charge in [0.05, 0.1) is 13.7 Å². The fourth-order valence-electron chi connectivity index (χ4n) is 1.54. The average Bonchev–Trinajstić information content (AvgIpc) is 2.89. The lowest BCUT2D eigenvalue weighted by molar-refractivity contribution is 0.0563. The van der Waals surface area contributed by atoms with Crippen LogP contribution in [0.2, 0.25) is 0 Å². The lowest BCUT2D eigenvalue weighted by Gasteiger charge is -2.04. The highest BCUT2D eigenvalue weighted by molar-refractivity contribution is 5.86. The molecule has 0 saturated heterocycles. The zero-order valence-corrected chi connectivity index (χ0v) is 11.7. The highest BCUT2D eigenvalue weighted by Gasteiger charge is 2.10. The van der Waals surface area contributed by atoms with E-state index in [0.29, 0.717) is 6.54 Å². The highest BCUT2D eigenvalue weighted by Crippen LogP contribution is 2.08. The summed E-state index contributed by atoms with van der Waals surface area (Å²) in [5.41, 5.74) is 0. The Balaban J connectivity index is 2.06. The number of carbonyl (C=O) groups is 1. The predicted octanol–water partition coefficient (Wildman–Crippen LogP) is 2.36. The molecule has 0 spiro atoms. The Morgan fingerprint density at radius 2 is 2.11 bits per heavy atom. The lowest BCUT2D eigenvalue weighted by atomic mass is 10.3. The number of ether oxygens (including phenoxy) is 2. The summed E-state index contributed by atoms with van der Waals surface area (Å²) in [6.07, 6.45) is 3.25. The van der Waals surface area contributed by atoms with E-state index < -0.39 is 5.97 Å². The van der Waals surface area contributed by atoms with Crippen molar-refractivity contribution in [2.45, 2.75) is 32.7 Å². The van der Waals surface area contributed by atoms with E-state index in [4.69, 9.17) is 9.15 Å². The van der Waals surface area contributed by atoms with Crippen LogP contribution in [0.25, 0.3) is 0 Å². The van der Waals surface area contributed by atoms with Gasteiger partial charge in [-0.3, -0.25) is 0 Å². The Morgan fingerprint density at radius 3 is 2.84 bits per heavy atom. The molecule has 0 bridgehead atoms. The Bertz CT molecular complexity index is 362. The number of hydrogen-bond acceptors (Lipinski definition) is 5. The summed E-state index contributed by atoms with van der Waals surface area (Å²) in [4.78, 5) is 11.2. The molecule has 0 fully saturated rings. The summed E-state index contributed by atoms with van der Waals surface area (Å²) >= 11 is 0. The summed E-state index contributed by atoms with van der Waals surface area (Å²) < 4.78 is 15.3. The number of hydrogen-bond donors (Lipinski definition) is 1. The third-order valence-corrected chi connectivity index (χ3v) is 2.63. The maximum absolute atomic E-state index is 11.2. The largest absolute Gasteiger partial charge is 0.463 e. The topological polar surface area (TPSA) is 60.7 Å². The molecule has 0 radical (unpaired) electrons. The third-order valence-electron chi connectivity index (χ3n) is 2.63. The minimum Gasteiger partial charge on any atom is -0.463 e. The van der Waals surface area contributed by atoms with Gasteiger partial charge >= 0.3 is 5.97 Å². The molecule has 0 amide bonds. The first-order chi connectivity index (χ1) is 9.27. The van der Waals surface area contributed by atoms with Gasteiger partial charge in [-0.2, -0.15) is 0 Å². The van der Waals surface area contributed by atoms with Crippen LogP contribution in [-0.4, -0.2) is 32.8 Å². The number of esters is 1. The molecule has 0 aliphatic rings. The number of furan rings is 1. The zero-order valence-electron chi connectivity index (χ0n) is 11.7. The van der Waals surface area contributed by atoms with Crippen LogP contribution in [0.4, 0.5) is 0 Å². The fraction of sp³-hybridized carbons (Fsp3) is 0.643. The van der Waals surface area contributed by atoms with Crippen LogP contribution < -0.4 is 5.32 Å². The predicted molar refractivity (Wildman–Crippen MR) is 72.1 cm³/mol. The first-order valence-electron chi connectivity index (χ1n) is 6.73. The van der Waals surface area contributed by atoms with Crippen LogP contribution in [0.15, 0.2) is 16.5 Å². The van der Waals surface area contributed by atoms with Crippen LogP contribution in [0.1, 0.15) is 42.5 Å². The molecule has 1 aromatic rings. The monoisotopic (exact) mass is 269 g/mol. The molecular formula is C14H23NO4. The van der Waals surface area contributed by atoms with Crippen molar-refractivity contribution in [3.05, 3.63) is 23.7 Å². The molecule has 5 nitrogen and oxygen atoms in total. The van der Waals surface area contributed by atoms with Crippen LogP contribution >= 0.6 is 0 Å². The molecule has 1 rings (SSSR count). The number of rotatable bonds is 10. The van der Waals surface area contributed by atoms with E-state index in [2.05, 4.69) is 17.0 Å². The van der Waals surface area contributed by atoms with E-state index in [9.17, 15) is 4.79 Å². The van der Waals surface area contributed by atoms with Gasteiger partial charge in [0.15, 0.2) is 0 Å². The summed E-state index contributed by atoms with van der Waals surface area (Å²) in [6.45, 7) is 5.24. The van der Waals surface area contributed by atoms with Crippen molar-refractivity contribution in [3.63, 3.8) is 0 Å². The van der Waals surface area contributed by atoms with Crippen molar-refractivity contribution in [3.8, 4) is 0 Å². The fourth-order valence-corrected chi connectivity index (χ4v) is 1.54. The number of methoxy groups -OCH3 is 1. The van der Waals surface area contributed by atoms with E-state index in [0.717, 1.165) is 38.4 Å². The van der Waals surface area contributed by atoms with E-state index in [1.54, 1.807) is 12.1 Å². The van der Waals surface area contributed by atoms with Gasteiger partial charge in [-0.1, -0.05) is 13.3 Å². The van der Waals surface area contributed by atoms with Crippen molar-refractivity contribution in [2.75, 3.05) is 26.9 Å². The molecule has 0 aliphatic carbocycles. The molecule has 108 valence electrons. The van der Waals surface area contributed by atoms with Crippen molar-refractivity contribution in [1.29, 1.82) is 0 Å². The number of unbranched alkanes of at least 4 members (excludes halogenated alkanes) is 1. The minimum absolute atomic E-state index is 0.238. The van der Waals surface area contributed by atoms with Crippen LogP contribution in [-0.2, 0) is 16.0 Å². The second-order valence-electron chi connectivity index (χ2n) is 4.25. The second kappa shape index (κ2) is 9.58. The van der Waals surface area contributed by atoms with Gasteiger partial charge in [0.1, 0.15) is 5.76 Å². The van der Waals surface area contributed by atoms with E-state index >= 15 is 0 Å². The van der Waals surface area contributed by atoms with Gasteiger partial charge in [-0.15, -0.1) is 0 Å². The highest BCUT2D eigenvalue weighted by atomic mass is 16.5. The molecule has 0 saturated carbocycles. The van der Waals surface area contributed by atoms with Crippen molar-refractivity contribution in [1.82, 2.24) is 5.32 Å². The third kappa shape index (κ3) is 6.40. The van der Waals surface area contributed by atoms with E-state index in [1.165, 1.54) is 13.5 Å². The zero-order chi connectivity index (χ0) is 13.9. The molecule has 0 aromatic carbocycles. The Morgan fingerprint density at radius 1 is 1.32 bits per heavy atom. The number of carbonyl (C=O) groups excluding carboxylic acids is 1. The first-order valence-corrected chi connectivity index (χ1v) is 6.73. The van der Waals surface area contributed by atoms with Crippen molar-refractivity contribution in [2.24, 2.45) is 0 Å². The maximum atomic E-state index is 11.2. The van der Waals surface area contributed by atoms with Gasteiger partial charge in [0, 0.05) is 13.2 Å². The first kappa shape index (κ1) is 15.7. The maximum Gasteiger partial charge on any atom is 0.373 e. The summed E-state index contributed by atoms with van der Waals surface area (Å²) in [5, 5.41) is 3.24. The number of nitrogens with one attached hydrogen (secondary N) is 1. The molecule has 1 heterocycles. The van der Waals surface area contributed by atoms with Gasteiger partial charge in [0.2, 0.25) is 5.76 Å². The smallest absolute Gasteiger partial charge is 0.373 e. The standard InChI is InChI=1S/C14H23NO4/c1-3-4-9-18-10-5-8-15-11-12-6-7-13(19-12)14(16)17-2/h6-7,15H,3-5,8-11H2,1-2H3. The molecular weight excluding hydrogens is 246 g/mol. The summed E-state index contributed by atoms with van der Waals surface area (Å²) in [5.74, 6) is 0.519.